The number of ether oxygens (including phenoxy) is 2. The third-order valence-electron chi connectivity index (χ3n) is 5.41. The van der Waals surface area contributed by atoms with Crippen molar-refractivity contribution < 1.29 is 14.3 Å². The Balaban J connectivity index is 1.75. The van der Waals surface area contributed by atoms with Gasteiger partial charge in [0.2, 0.25) is 5.91 Å². The third-order valence-corrected chi connectivity index (χ3v) is 5.41. The van der Waals surface area contributed by atoms with Crippen molar-refractivity contribution in [3.8, 4) is 16.9 Å². The standard InChI is InChI=1S/C25H26N4O4/c1-17-9-10-21(33-3)20(13-17)27-22(30)15-29-14-19(18-7-5-4-6-8-18)23-24(29)25(31)28(16-26-23)11-12-32-2/h4-10,13-14,16H,11-12,15H2,1-3H3,(H,27,30). The van der Waals surface area contributed by atoms with Gasteiger partial charge < -0.3 is 19.4 Å². The molecule has 0 aliphatic heterocycles. The number of nitrogens with one attached hydrogen (secondary N) is 1. The number of carbonyl (C=O) groups excluding carboxylic acids is 1. The predicted molar refractivity (Wildman–Crippen MR) is 128 cm³/mol. The molecule has 2 heterocycles. The Labute approximate surface area is 191 Å². The van der Waals surface area contributed by atoms with Gasteiger partial charge in [-0.05, 0) is 30.2 Å². The number of benzene rings is 2. The molecule has 8 nitrogen and oxygen atoms in total. The van der Waals surface area contributed by atoms with E-state index in [2.05, 4.69) is 10.3 Å². The van der Waals surface area contributed by atoms with E-state index in [1.165, 1.54) is 10.9 Å². The molecule has 2 aromatic heterocycles. The molecule has 4 aromatic rings. The molecule has 0 atom stereocenters. The molecule has 33 heavy (non-hydrogen) atoms. The fourth-order valence-corrected chi connectivity index (χ4v) is 3.78. The van der Waals surface area contributed by atoms with Gasteiger partial charge >= 0.3 is 0 Å². The van der Waals surface area contributed by atoms with E-state index in [0.29, 0.717) is 35.6 Å². The Bertz CT molecular complexity index is 1340. The summed E-state index contributed by atoms with van der Waals surface area (Å²) in [6.45, 7) is 2.64. The lowest BCUT2D eigenvalue weighted by Gasteiger charge is -2.12. The second-order valence-electron chi connectivity index (χ2n) is 7.72. The van der Waals surface area contributed by atoms with Crippen LogP contribution in [0, 0.1) is 6.92 Å². The van der Waals surface area contributed by atoms with Crippen molar-refractivity contribution in [2.24, 2.45) is 0 Å². The third kappa shape index (κ3) is 4.65. The predicted octanol–water partition coefficient (Wildman–Crippen LogP) is 3.47. The second kappa shape index (κ2) is 9.70. The lowest BCUT2D eigenvalue weighted by atomic mass is 10.1. The first-order valence-electron chi connectivity index (χ1n) is 10.6. The van der Waals surface area contributed by atoms with E-state index in [1.807, 2.05) is 61.7 Å². The molecule has 1 N–H and O–H groups in total. The molecule has 0 aliphatic rings. The molecule has 0 radical (unpaired) electrons. The Hall–Kier alpha value is -3.91. The minimum atomic E-state index is -0.276. The molecular weight excluding hydrogens is 420 g/mol. The number of hydrogen-bond donors (Lipinski definition) is 1. The summed E-state index contributed by atoms with van der Waals surface area (Å²) in [5, 5.41) is 2.90. The van der Waals surface area contributed by atoms with E-state index >= 15 is 0 Å². The lowest BCUT2D eigenvalue weighted by Crippen LogP contribution is -2.26. The Kier molecular flexibility index (Phi) is 6.55. The van der Waals surface area contributed by atoms with Crippen LogP contribution in [-0.2, 0) is 22.6 Å². The normalized spacial score (nSPS) is 11.0. The smallest absolute Gasteiger partial charge is 0.277 e. The number of rotatable bonds is 8. The number of fused-ring (bicyclic) bond motifs is 1. The summed E-state index contributed by atoms with van der Waals surface area (Å²) in [5.74, 6) is 0.294. The van der Waals surface area contributed by atoms with Crippen molar-refractivity contribution in [3.63, 3.8) is 0 Å². The van der Waals surface area contributed by atoms with E-state index in [9.17, 15) is 9.59 Å². The Morgan fingerprint density at radius 2 is 1.88 bits per heavy atom. The fraction of sp³-hybridized carbons (Fsp3) is 0.240. The number of nitrogens with zero attached hydrogens (tertiary/aromatic N) is 3. The molecule has 170 valence electrons. The number of carbonyl (C=O) groups is 1. The minimum absolute atomic E-state index is 0.0500. The van der Waals surface area contributed by atoms with Crippen LogP contribution < -0.4 is 15.6 Å². The van der Waals surface area contributed by atoms with Crippen molar-refractivity contribution in [2.75, 3.05) is 26.1 Å². The molecule has 8 heteroatoms. The maximum absolute atomic E-state index is 13.3. The van der Waals surface area contributed by atoms with E-state index in [1.54, 1.807) is 18.8 Å². The quantitative estimate of drug-likeness (QED) is 0.448. The van der Waals surface area contributed by atoms with Gasteiger partial charge in [0.15, 0.2) is 0 Å². The van der Waals surface area contributed by atoms with Gasteiger partial charge in [0.05, 0.1) is 32.3 Å². The second-order valence-corrected chi connectivity index (χ2v) is 7.72. The SMILES string of the molecule is COCCn1cnc2c(-c3ccccc3)cn(CC(=O)Nc3cc(C)ccc3OC)c2c1=O. The van der Waals surface area contributed by atoms with Gasteiger partial charge in [0, 0.05) is 18.9 Å². The largest absolute Gasteiger partial charge is 0.495 e. The van der Waals surface area contributed by atoms with Gasteiger partial charge in [-0.15, -0.1) is 0 Å². The van der Waals surface area contributed by atoms with Crippen molar-refractivity contribution >= 4 is 22.6 Å². The van der Waals surface area contributed by atoms with Gasteiger partial charge in [0.1, 0.15) is 23.3 Å². The van der Waals surface area contributed by atoms with Crippen molar-refractivity contribution in [3.05, 3.63) is 77.0 Å². The van der Waals surface area contributed by atoms with Crippen LogP contribution in [-0.4, -0.2) is 40.9 Å². The van der Waals surface area contributed by atoms with Crippen LogP contribution in [0.1, 0.15) is 5.56 Å². The van der Waals surface area contributed by atoms with E-state index < -0.39 is 0 Å². The first-order chi connectivity index (χ1) is 16.0. The molecule has 1 amide bonds. The number of aryl methyl sites for hydroxylation is 1. The molecule has 0 unspecified atom stereocenters. The molecule has 0 saturated heterocycles. The summed E-state index contributed by atoms with van der Waals surface area (Å²) in [6, 6.07) is 15.2. The van der Waals surface area contributed by atoms with Crippen molar-refractivity contribution in [2.45, 2.75) is 20.0 Å². The summed E-state index contributed by atoms with van der Waals surface area (Å²) in [5.41, 5.74) is 4.00. The average molecular weight is 447 g/mol. The molecule has 0 saturated carbocycles. The molecule has 4 rings (SSSR count). The van der Waals surface area contributed by atoms with E-state index in [4.69, 9.17) is 9.47 Å². The maximum Gasteiger partial charge on any atom is 0.277 e. The summed E-state index contributed by atoms with van der Waals surface area (Å²) in [7, 11) is 3.14. The van der Waals surface area contributed by atoms with Crippen LogP contribution in [0.3, 0.4) is 0 Å². The van der Waals surface area contributed by atoms with Gasteiger partial charge in [-0.25, -0.2) is 4.98 Å². The lowest BCUT2D eigenvalue weighted by molar-refractivity contribution is -0.116. The molecule has 2 aromatic carbocycles. The van der Waals surface area contributed by atoms with Gasteiger partial charge in [-0.1, -0.05) is 36.4 Å². The first-order valence-corrected chi connectivity index (χ1v) is 10.6. The topological polar surface area (TPSA) is 87.4 Å². The number of anilines is 1. The van der Waals surface area contributed by atoms with Crippen molar-refractivity contribution in [1.29, 1.82) is 0 Å². The average Bonchev–Trinajstić information content (AvgIpc) is 3.18. The van der Waals surface area contributed by atoms with Crippen LogP contribution >= 0.6 is 0 Å². The van der Waals surface area contributed by atoms with Crippen LogP contribution in [0.25, 0.3) is 22.2 Å². The molecule has 0 fully saturated rings. The summed E-state index contributed by atoms with van der Waals surface area (Å²) in [4.78, 5) is 30.8. The molecular formula is C25H26N4O4. The number of methoxy groups -OCH3 is 2. The minimum Gasteiger partial charge on any atom is -0.495 e. The van der Waals surface area contributed by atoms with Crippen molar-refractivity contribution in [1.82, 2.24) is 14.1 Å². The Morgan fingerprint density at radius 3 is 2.61 bits per heavy atom. The monoisotopic (exact) mass is 446 g/mol. The zero-order valence-corrected chi connectivity index (χ0v) is 18.9. The molecule has 0 bridgehead atoms. The highest BCUT2D eigenvalue weighted by atomic mass is 16.5. The van der Waals surface area contributed by atoms with Gasteiger partial charge in [0.25, 0.3) is 5.56 Å². The van der Waals surface area contributed by atoms with Gasteiger partial charge in [-0.2, -0.15) is 0 Å². The highest BCUT2D eigenvalue weighted by Crippen LogP contribution is 2.28. The number of aromatic nitrogens is 3. The number of amides is 1. The fourth-order valence-electron chi connectivity index (χ4n) is 3.78. The summed E-state index contributed by atoms with van der Waals surface area (Å²) >= 11 is 0. The maximum atomic E-state index is 13.3. The molecule has 0 spiro atoms. The van der Waals surface area contributed by atoms with Crippen LogP contribution in [0.4, 0.5) is 5.69 Å². The summed E-state index contributed by atoms with van der Waals surface area (Å²) < 4.78 is 13.6. The van der Waals surface area contributed by atoms with E-state index in [-0.39, 0.29) is 18.0 Å². The zero-order valence-electron chi connectivity index (χ0n) is 18.9. The Morgan fingerprint density at radius 1 is 1.09 bits per heavy atom. The van der Waals surface area contributed by atoms with Crippen LogP contribution in [0.5, 0.6) is 5.75 Å². The van der Waals surface area contributed by atoms with E-state index in [0.717, 1.165) is 16.7 Å². The summed E-state index contributed by atoms with van der Waals surface area (Å²) in [6.07, 6.45) is 3.33. The number of hydrogen-bond acceptors (Lipinski definition) is 5. The van der Waals surface area contributed by atoms with Gasteiger partial charge in [-0.3, -0.25) is 14.2 Å². The van der Waals surface area contributed by atoms with Crippen LogP contribution in [0.2, 0.25) is 0 Å². The highest BCUT2D eigenvalue weighted by molar-refractivity contribution is 5.96. The zero-order chi connectivity index (χ0) is 23.4. The van der Waals surface area contributed by atoms with Crippen LogP contribution in [0.15, 0.2) is 65.8 Å². The first kappa shape index (κ1) is 22.3. The highest BCUT2D eigenvalue weighted by Gasteiger charge is 2.18. The molecule has 0 aliphatic carbocycles.